The molecule has 3 rings (SSSR count). The van der Waals surface area contributed by atoms with Crippen molar-refractivity contribution in [1.82, 2.24) is 4.98 Å². The number of benzene rings is 1. The third-order valence-corrected chi connectivity index (χ3v) is 4.74. The van der Waals surface area contributed by atoms with Gasteiger partial charge < -0.3 is 15.0 Å². The third-order valence-electron chi connectivity index (χ3n) is 4.15. The topological polar surface area (TPSA) is 54.5 Å². The molecule has 1 aromatic carbocycles. The summed E-state index contributed by atoms with van der Waals surface area (Å²) in [5.74, 6) is 0.638. The number of carbonyl (C=O) groups is 1. The molecule has 0 aliphatic carbocycles. The van der Waals surface area contributed by atoms with Crippen LogP contribution in [0.4, 0.5) is 24.7 Å². The van der Waals surface area contributed by atoms with Crippen LogP contribution in [0.5, 0.6) is 5.75 Å². The lowest BCUT2D eigenvalue weighted by molar-refractivity contribution is -0.274. The molecular weight excluding hydrogens is 427 g/mol. The highest BCUT2D eigenvalue weighted by Crippen LogP contribution is 2.29. The van der Waals surface area contributed by atoms with Gasteiger partial charge in [0.15, 0.2) is 0 Å². The van der Waals surface area contributed by atoms with Gasteiger partial charge in [-0.15, -0.1) is 13.2 Å². The summed E-state index contributed by atoms with van der Waals surface area (Å²) in [5, 5.41) is 2.62. The van der Waals surface area contributed by atoms with Crippen LogP contribution >= 0.6 is 15.9 Å². The number of hydrogen-bond donors (Lipinski definition) is 1. The van der Waals surface area contributed by atoms with Gasteiger partial charge in [0.2, 0.25) is 0 Å². The van der Waals surface area contributed by atoms with Gasteiger partial charge in [0.05, 0.1) is 10.0 Å². The fourth-order valence-electron chi connectivity index (χ4n) is 2.86. The molecule has 0 radical (unpaired) electrons. The lowest BCUT2D eigenvalue weighted by Gasteiger charge is -2.18. The number of amides is 1. The Labute approximate surface area is 162 Å². The summed E-state index contributed by atoms with van der Waals surface area (Å²) in [7, 11) is 0. The molecular formula is C18H17BrF3N3O2. The number of hydrogen-bond acceptors (Lipinski definition) is 4. The summed E-state index contributed by atoms with van der Waals surface area (Å²) >= 11 is 3.46. The molecule has 1 N–H and O–H groups in total. The number of aromatic nitrogens is 1. The average molecular weight is 444 g/mol. The quantitative estimate of drug-likeness (QED) is 0.734. The van der Waals surface area contributed by atoms with Gasteiger partial charge in [-0.3, -0.25) is 4.79 Å². The predicted octanol–water partition coefficient (Wildman–Crippen LogP) is 4.84. The van der Waals surface area contributed by atoms with Crippen molar-refractivity contribution < 1.29 is 22.7 Å². The van der Waals surface area contributed by atoms with Crippen LogP contribution in [0.15, 0.2) is 41.0 Å². The van der Waals surface area contributed by atoms with E-state index >= 15 is 0 Å². The fourth-order valence-corrected chi connectivity index (χ4v) is 3.46. The Morgan fingerprint density at radius 2 is 2.04 bits per heavy atom. The lowest BCUT2D eigenvalue weighted by atomic mass is 10.2. The Hall–Kier alpha value is -2.29. The van der Waals surface area contributed by atoms with Crippen LogP contribution < -0.4 is 15.0 Å². The van der Waals surface area contributed by atoms with Crippen molar-refractivity contribution in [2.45, 2.75) is 19.7 Å². The standard InChI is InChI=1S/C18H17BrF3N3O2/c1-11-6-7-25(10-11)16-15(19)8-12(9-23-16)17(26)24-13-2-4-14(5-3-13)27-18(20,21)22/h2-5,8-9,11H,6-7,10H2,1H3,(H,24,26). The van der Waals surface area contributed by atoms with Crippen LogP contribution in [-0.2, 0) is 0 Å². The van der Waals surface area contributed by atoms with Gasteiger partial charge in [0.25, 0.3) is 5.91 Å². The van der Waals surface area contributed by atoms with Gasteiger partial charge >= 0.3 is 6.36 Å². The number of halogens is 4. The van der Waals surface area contributed by atoms with E-state index in [-0.39, 0.29) is 5.75 Å². The summed E-state index contributed by atoms with van der Waals surface area (Å²) < 4.78 is 41.0. The minimum Gasteiger partial charge on any atom is -0.406 e. The van der Waals surface area contributed by atoms with E-state index in [1.165, 1.54) is 18.3 Å². The maximum absolute atomic E-state index is 12.4. The molecule has 1 aliphatic heterocycles. The number of carbonyl (C=O) groups excluding carboxylic acids is 1. The zero-order valence-electron chi connectivity index (χ0n) is 14.4. The zero-order valence-corrected chi connectivity index (χ0v) is 16.0. The fraction of sp³-hybridized carbons (Fsp3) is 0.333. The van der Waals surface area contributed by atoms with Crippen molar-refractivity contribution in [1.29, 1.82) is 0 Å². The molecule has 1 amide bonds. The first-order valence-corrected chi connectivity index (χ1v) is 9.08. The van der Waals surface area contributed by atoms with Crippen LogP contribution in [0, 0.1) is 5.92 Å². The molecule has 1 saturated heterocycles. The molecule has 2 aromatic rings. The monoisotopic (exact) mass is 443 g/mol. The predicted molar refractivity (Wildman–Crippen MR) is 99.0 cm³/mol. The first-order chi connectivity index (χ1) is 12.7. The second-order valence-electron chi connectivity index (χ2n) is 6.40. The second kappa shape index (κ2) is 7.75. The molecule has 0 saturated carbocycles. The van der Waals surface area contributed by atoms with E-state index < -0.39 is 12.3 Å². The Bertz CT molecular complexity index is 828. The first kappa shape index (κ1) is 19.5. The number of anilines is 2. The number of rotatable bonds is 4. The van der Waals surface area contributed by atoms with E-state index in [4.69, 9.17) is 0 Å². The molecule has 1 fully saturated rings. The Kier molecular flexibility index (Phi) is 5.59. The highest BCUT2D eigenvalue weighted by molar-refractivity contribution is 9.10. The second-order valence-corrected chi connectivity index (χ2v) is 7.25. The van der Waals surface area contributed by atoms with Crippen LogP contribution in [0.2, 0.25) is 0 Å². The smallest absolute Gasteiger partial charge is 0.406 e. The minimum absolute atomic E-state index is 0.341. The Morgan fingerprint density at radius 3 is 2.59 bits per heavy atom. The highest BCUT2D eigenvalue weighted by atomic mass is 79.9. The van der Waals surface area contributed by atoms with Crippen LogP contribution in [0.3, 0.4) is 0 Å². The molecule has 27 heavy (non-hydrogen) atoms. The third kappa shape index (κ3) is 5.12. The molecule has 1 aliphatic rings. The van der Waals surface area contributed by atoms with E-state index in [2.05, 4.69) is 42.8 Å². The molecule has 2 heterocycles. The molecule has 9 heteroatoms. The average Bonchev–Trinajstić information content (AvgIpc) is 3.01. The van der Waals surface area contributed by atoms with Crippen molar-refractivity contribution in [3.8, 4) is 5.75 Å². The summed E-state index contributed by atoms with van der Waals surface area (Å²) in [6.07, 6.45) is -2.17. The minimum atomic E-state index is -4.75. The Morgan fingerprint density at radius 1 is 1.33 bits per heavy atom. The van der Waals surface area contributed by atoms with Crippen LogP contribution in [0.1, 0.15) is 23.7 Å². The van der Waals surface area contributed by atoms with Gasteiger partial charge in [-0.05, 0) is 58.6 Å². The first-order valence-electron chi connectivity index (χ1n) is 8.29. The number of pyridine rings is 1. The van der Waals surface area contributed by atoms with E-state index in [0.29, 0.717) is 17.2 Å². The van der Waals surface area contributed by atoms with Crippen molar-refractivity contribution >= 4 is 33.3 Å². The number of nitrogens with one attached hydrogen (secondary N) is 1. The number of alkyl halides is 3. The molecule has 0 spiro atoms. The number of ether oxygens (including phenoxy) is 1. The molecule has 0 bridgehead atoms. The molecule has 5 nitrogen and oxygen atoms in total. The van der Waals surface area contributed by atoms with Crippen molar-refractivity contribution in [3.05, 3.63) is 46.6 Å². The largest absolute Gasteiger partial charge is 0.573 e. The van der Waals surface area contributed by atoms with Crippen LogP contribution in [0.25, 0.3) is 0 Å². The van der Waals surface area contributed by atoms with Gasteiger partial charge in [-0.1, -0.05) is 6.92 Å². The van der Waals surface area contributed by atoms with Crippen molar-refractivity contribution in [2.75, 3.05) is 23.3 Å². The molecule has 1 unspecified atom stereocenters. The van der Waals surface area contributed by atoms with Crippen molar-refractivity contribution in [3.63, 3.8) is 0 Å². The van der Waals surface area contributed by atoms with E-state index in [1.807, 2.05) is 0 Å². The van der Waals surface area contributed by atoms with Gasteiger partial charge in [-0.2, -0.15) is 0 Å². The molecule has 1 atom stereocenters. The van der Waals surface area contributed by atoms with E-state index in [0.717, 1.165) is 41.9 Å². The van der Waals surface area contributed by atoms with Gasteiger partial charge in [-0.25, -0.2) is 4.98 Å². The maximum atomic E-state index is 12.4. The lowest BCUT2D eigenvalue weighted by Crippen LogP contribution is -2.21. The normalized spacial score (nSPS) is 17.1. The molecule has 144 valence electrons. The maximum Gasteiger partial charge on any atom is 0.573 e. The summed E-state index contributed by atoms with van der Waals surface area (Å²) in [4.78, 5) is 18.9. The van der Waals surface area contributed by atoms with E-state index in [9.17, 15) is 18.0 Å². The SMILES string of the molecule is CC1CCN(c2ncc(C(=O)Nc3ccc(OC(F)(F)F)cc3)cc2Br)C1. The van der Waals surface area contributed by atoms with E-state index in [1.54, 1.807) is 6.07 Å². The van der Waals surface area contributed by atoms with Crippen LogP contribution in [-0.4, -0.2) is 30.3 Å². The van der Waals surface area contributed by atoms with Gasteiger partial charge in [0, 0.05) is 25.0 Å². The number of nitrogens with zero attached hydrogens (tertiary/aromatic N) is 2. The summed E-state index contributed by atoms with van der Waals surface area (Å²) in [6.45, 7) is 4.02. The molecule has 1 aromatic heterocycles. The highest BCUT2D eigenvalue weighted by Gasteiger charge is 2.31. The zero-order chi connectivity index (χ0) is 19.6. The Balaban J connectivity index is 1.66. The van der Waals surface area contributed by atoms with Gasteiger partial charge in [0.1, 0.15) is 11.6 Å². The summed E-state index contributed by atoms with van der Waals surface area (Å²) in [6, 6.07) is 6.62. The van der Waals surface area contributed by atoms with Crippen molar-refractivity contribution in [2.24, 2.45) is 5.92 Å². The summed E-state index contributed by atoms with van der Waals surface area (Å²) in [5.41, 5.74) is 0.691.